The zero-order valence-electron chi connectivity index (χ0n) is 9.69. The molecule has 18 heavy (non-hydrogen) atoms. The van der Waals surface area contributed by atoms with Gasteiger partial charge in [-0.15, -0.1) is 0 Å². The Balaban J connectivity index is 1.93. The lowest BCUT2D eigenvalue weighted by Gasteiger charge is -2.24. The molecular weight excluding hydrogens is 349 g/mol. The van der Waals surface area contributed by atoms with Crippen molar-refractivity contribution in [2.75, 3.05) is 31.6 Å². The summed E-state index contributed by atoms with van der Waals surface area (Å²) in [6, 6.07) is 5.31. The summed E-state index contributed by atoms with van der Waals surface area (Å²) in [5.41, 5.74) is 1.03. The van der Waals surface area contributed by atoms with Gasteiger partial charge in [0.1, 0.15) is 0 Å². The highest BCUT2D eigenvalue weighted by Crippen LogP contribution is 2.24. The van der Waals surface area contributed by atoms with E-state index < -0.39 is 0 Å². The molecule has 0 aliphatic carbocycles. The minimum atomic E-state index is -0.373. The molecule has 0 saturated carbocycles. The van der Waals surface area contributed by atoms with Crippen LogP contribution in [0.4, 0.5) is 11.4 Å². The number of benzene rings is 1. The Morgan fingerprint density at radius 1 is 1.61 bits per heavy atom. The maximum Gasteiger partial charge on any atom is 0.282 e. The third-order valence-electron chi connectivity index (χ3n) is 2.70. The highest BCUT2D eigenvalue weighted by Gasteiger charge is 2.14. The van der Waals surface area contributed by atoms with E-state index in [4.69, 9.17) is 4.74 Å². The van der Waals surface area contributed by atoms with Gasteiger partial charge in [-0.3, -0.25) is 10.1 Å². The van der Waals surface area contributed by atoms with Crippen molar-refractivity contribution in [3.8, 4) is 0 Å². The number of morpholine rings is 1. The lowest BCUT2D eigenvalue weighted by atomic mass is 10.2. The number of nitro groups is 1. The Kier molecular flexibility index (Phi) is 4.72. The average Bonchev–Trinajstić information content (AvgIpc) is 2.37. The largest absolute Gasteiger partial charge is 0.383 e. The smallest absolute Gasteiger partial charge is 0.282 e. The Hall–Kier alpha value is -0.930. The molecule has 0 aromatic heterocycles. The molecule has 2 N–H and O–H groups in total. The van der Waals surface area contributed by atoms with Crippen LogP contribution in [0.2, 0.25) is 0 Å². The molecule has 0 bridgehead atoms. The van der Waals surface area contributed by atoms with Gasteiger partial charge in [-0.2, -0.15) is 0 Å². The van der Waals surface area contributed by atoms with E-state index in [1.807, 2.05) is 22.6 Å². The van der Waals surface area contributed by atoms with Crippen LogP contribution in [0.25, 0.3) is 0 Å². The van der Waals surface area contributed by atoms with E-state index in [0.717, 1.165) is 25.4 Å². The summed E-state index contributed by atoms with van der Waals surface area (Å²) in [7, 11) is 0. The fourth-order valence-corrected chi connectivity index (χ4v) is 2.47. The molecule has 1 saturated heterocycles. The van der Waals surface area contributed by atoms with Crippen LogP contribution in [0.1, 0.15) is 0 Å². The van der Waals surface area contributed by atoms with E-state index in [1.54, 1.807) is 12.1 Å². The van der Waals surface area contributed by atoms with Crippen molar-refractivity contribution in [3.05, 3.63) is 31.9 Å². The Labute approximate surface area is 118 Å². The van der Waals surface area contributed by atoms with E-state index in [9.17, 15) is 10.1 Å². The van der Waals surface area contributed by atoms with Gasteiger partial charge in [0.25, 0.3) is 5.69 Å². The average molecular weight is 363 g/mol. The quantitative estimate of drug-likeness (QED) is 0.483. The number of rotatable bonds is 4. The molecule has 1 aliphatic heterocycles. The van der Waals surface area contributed by atoms with Crippen molar-refractivity contribution in [2.45, 2.75) is 6.04 Å². The second-order valence-electron chi connectivity index (χ2n) is 4.03. The Bertz CT molecular complexity index is 436. The Morgan fingerprint density at radius 3 is 3.06 bits per heavy atom. The van der Waals surface area contributed by atoms with Gasteiger partial charge in [-0.05, 0) is 34.7 Å². The summed E-state index contributed by atoms with van der Waals surface area (Å²) in [4.78, 5) is 10.3. The van der Waals surface area contributed by atoms with Crippen molar-refractivity contribution in [1.82, 2.24) is 5.32 Å². The number of hydrogen-bond acceptors (Lipinski definition) is 5. The lowest BCUT2D eigenvalue weighted by Crippen LogP contribution is -2.45. The number of nitrogens with zero attached hydrogens (tertiary/aromatic N) is 1. The maximum absolute atomic E-state index is 10.7. The normalized spacial score (nSPS) is 19.5. The second kappa shape index (κ2) is 6.30. The predicted octanol–water partition coefficient (Wildman–Crippen LogP) is 1.60. The van der Waals surface area contributed by atoms with Gasteiger partial charge in [-0.25, -0.2) is 0 Å². The predicted molar refractivity (Wildman–Crippen MR) is 76.9 cm³/mol. The molecule has 98 valence electrons. The fraction of sp³-hybridized carbons (Fsp3) is 0.455. The molecule has 7 heteroatoms. The van der Waals surface area contributed by atoms with Crippen LogP contribution in [0.5, 0.6) is 0 Å². The van der Waals surface area contributed by atoms with Gasteiger partial charge in [0.05, 0.1) is 21.7 Å². The third kappa shape index (κ3) is 3.53. The summed E-state index contributed by atoms with van der Waals surface area (Å²) >= 11 is 1.97. The maximum atomic E-state index is 10.7. The van der Waals surface area contributed by atoms with E-state index in [0.29, 0.717) is 10.2 Å². The number of ether oxygens (including phenoxy) is 1. The van der Waals surface area contributed by atoms with Crippen LogP contribution in [0.3, 0.4) is 0 Å². The topological polar surface area (TPSA) is 76.4 Å². The van der Waals surface area contributed by atoms with E-state index in [1.165, 1.54) is 6.07 Å². The van der Waals surface area contributed by atoms with Crippen LogP contribution in [-0.2, 0) is 4.74 Å². The molecule has 0 radical (unpaired) electrons. The van der Waals surface area contributed by atoms with Crippen LogP contribution in [0, 0.1) is 13.7 Å². The molecule has 1 heterocycles. The SMILES string of the molecule is O=[N+]([O-])c1ccc(NCC2COCCN2)cc1I. The summed E-state index contributed by atoms with van der Waals surface area (Å²) in [5, 5.41) is 17.3. The van der Waals surface area contributed by atoms with Crippen molar-refractivity contribution >= 4 is 34.0 Å². The summed E-state index contributed by atoms with van der Waals surface area (Å²) in [6.07, 6.45) is 0. The molecule has 0 spiro atoms. The first kappa shape index (κ1) is 13.5. The standard InChI is InChI=1S/C11H14IN3O3/c12-10-5-8(1-2-11(10)15(16)17)14-6-9-7-18-4-3-13-9/h1-2,5,9,13-14H,3-4,6-7H2. The van der Waals surface area contributed by atoms with Crippen LogP contribution >= 0.6 is 22.6 Å². The summed E-state index contributed by atoms with van der Waals surface area (Å²) in [6.45, 7) is 3.06. The van der Waals surface area contributed by atoms with Gasteiger partial charge >= 0.3 is 0 Å². The first-order chi connectivity index (χ1) is 8.66. The molecule has 0 amide bonds. The number of hydrogen-bond donors (Lipinski definition) is 2. The highest BCUT2D eigenvalue weighted by atomic mass is 127. The third-order valence-corrected chi connectivity index (χ3v) is 3.56. The van der Waals surface area contributed by atoms with E-state index in [-0.39, 0.29) is 16.7 Å². The fourth-order valence-electron chi connectivity index (χ4n) is 1.76. The monoisotopic (exact) mass is 363 g/mol. The molecule has 1 unspecified atom stereocenters. The summed E-state index contributed by atoms with van der Waals surface area (Å²) < 4.78 is 5.99. The molecular formula is C11H14IN3O3. The van der Waals surface area contributed by atoms with Gasteiger partial charge in [0.15, 0.2) is 0 Å². The second-order valence-corrected chi connectivity index (χ2v) is 5.19. The molecule has 2 rings (SSSR count). The van der Waals surface area contributed by atoms with Crippen molar-refractivity contribution < 1.29 is 9.66 Å². The van der Waals surface area contributed by atoms with Crippen molar-refractivity contribution in [3.63, 3.8) is 0 Å². The minimum absolute atomic E-state index is 0.139. The van der Waals surface area contributed by atoms with E-state index in [2.05, 4.69) is 10.6 Å². The molecule has 1 aromatic carbocycles. The number of nitro benzene ring substituents is 1. The lowest BCUT2D eigenvalue weighted by molar-refractivity contribution is -0.385. The van der Waals surface area contributed by atoms with Gasteiger partial charge in [0.2, 0.25) is 0 Å². The molecule has 1 aliphatic rings. The van der Waals surface area contributed by atoms with Crippen molar-refractivity contribution in [2.24, 2.45) is 0 Å². The van der Waals surface area contributed by atoms with Crippen molar-refractivity contribution in [1.29, 1.82) is 0 Å². The van der Waals surface area contributed by atoms with Crippen LogP contribution in [0.15, 0.2) is 18.2 Å². The van der Waals surface area contributed by atoms with Gasteiger partial charge < -0.3 is 15.4 Å². The molecule has 1 atom stereocenters. The first-order valence-corrected chi connectivity index (χ1v) is 6.73. The molecule has 6 nitrogen and oxygen atoms in total. The summed E-state index contributed by atoms with van der Waals surface area (Å²) in [5.74, 6) is 0. The van der Waals surface area contributed by atoms with Gasteiger partial charge in [0, 0.05) is 30.9 Å². The number of nitrogens with one attached hydrogen (secondary N) is 2. The zero-order chi connectivity index (χ0) is 13.0. The van der Waals surface area contributed by atoms with Gasteiger partial charge in [-0.1, -0.05) is 0 Å². The number of anilines is 1. The highest BCUT2D eigenvalue weighted by molar-refractivity contribution is 14.1. The Morgan fingerprint density at radius 2 is 2.44 bits per heavy atom. The van der Waals surface area contributed by atoms with Crippen LogP contribution in [-0.4, -0.2) is 37.3 Å². The molecule has 1 fully saturated rings. The number of halogens is 1. The zero-order valence-corrected chi connectivity index (χ0v) is 11.8. The minimum Gasteiger partial charge on any atom is -0.383 e. The van der Waals surface area contributed by atoms with E-state index >= 15 is 0 Å². The van der Waals surface area contributed by atoms with Crippen LogP contribution < -0.4 is 10.6 Å². The first-order valence-electron chi connectivity index (χ1n) is 5.66. The molecule has 1 aromatic rings.